The summed E-state index contributed by atoms with van der Waals surface area (Å²) in [5, 5.41) is 6.55. The Morgan fingerprint density at radius 3 is 2.68 bits per heavy atom. The van der Waals surface area contributed by atoms with Crippen LogP contribution in [-0.4, -0.2) is 23.0 Å². The average molecular weight is 257 g/mol. The van der Waals surface area contributed by atoms with Crippen LogP contribution in [0.25, 0.3) is 0 Å². The Kier molecular flexibility index (Phi) is 2.75. The highest BCUT2D eigenvalue weighted by Crippen LogP contribution is 2.24. The molecule has 3 rings (SSSR count). The van der Waals surface area contributed by atoms with Gasteiger partial charge in [0.2, 0.25) is 5.91 Å². The summed E-state index contributed by atoms with van der Waals surface area (Å²) in [5.41, 5.74) is 0.585. The lowest BCUT2D eigenvalue weighted by Gasteiger charge is -2.14. The van der Waals surface area contributed by atoms with Crippen molar-refractivity contribution >= 4 is 23.3 Å². The molecule has 2 heterocycles. The fourth-order valence-electron chi connectivity index (χ4n) is 2.06. The first-order valence-electron chi connectivity index (χ1n) is 5.84. The number of nitrogens with zero attached hydrogens (tertiary/aromatic N) is 2. The third-order valence-corrected chi connectivity index (χ3v) is 2.92. The number of imide groups is 1. The molecule has 96 valence electrons. The van der Waals surface area contributed by atoms with Crippen LogP contribution in [0.1, 0.15) is 6.42 Å². The third-order valence-electron chi connectivity index (χ3n) is 2.92. The number of amides is 2. The lowest BCUT2D eigenvalue weighted by molar-refractivity contribution is -0.121. The van der Waals surface area contributed by atoms with Gasteiger partial charge in [-0.25, -0.2) is 4.90 Å². The second kappa shape index (κ2) is 4.56. The molecular formula is C13H11N3O3. The van der Waals surface area contributed by atoms with E-state index in [9.17, 15) is 9.59 Å². The van der Waals surface area contributed by atoms with Crippen LogP contribution in [0.5, 0.6) is 0 Å². The quantitative estimate of drug-likeness (QED) is 0.841. The lowest BCUT2D eigenvalue weighted by atomic mass is 10.2. The Morgan fingerprint density at radius 2 is 2.00 bits per heavy atom. The van der Waals surface area contributed by atoms with Crippen molar-refractivity contribution in [2.45, 2.75) is 12.5 Å². The highest BCUT2D eigenvalue weighted by Gasteiger charge is 2.39. The molecule has 2 amide bonds. The van der Waals surface area contributed by atoms with Crippen LogP contribution < -0.4 is 10.2 Å². The van der Waals surface area contributed by atoms with Crippen LogP contribution in [0, 0.1) is 0 Å². The number of hydrogen-bond donors (Lipinski definition) is 1. The maximum Gasteiger partial charge on any atom is 0.256 e. The van der Waals surface area contributed by atoms with Gasteiger partial charge in [-0.15, -0.1) is 0 Å². The fraction of sp³-hybridized carbons (Fsp3) is 0.154. The summed E-state index contributed by atoms with van der Waals surface area (Å²) in [6.45, 7) is 0. The van der Waals surface area contributed by atoms with Crippen molar-refractivity contribution in [1.29, 1.82) is 0 Å². The molecule has 6 heteroatoms. The number of nitrogens with one attached hydrogen (secondary N) is 1. The Morgan fingerprint density at radius 1 is 1.21 bits per heavy atom. The molecule has 1 fully saturated rings. The molecule has 0 spiro atoms. The van der Waals surface area contributed by atoms with Crippen LogP contribution in [0.4, 0.5) is 11.5 Å². The van der Waals surface area contributed by atoms with E-state index >= 15 is 0 Å². The summed E-state index contributed by atoms with van der Waals surface area (Å²) < 4.78 is 4.68. The molecule has 0 saturated carbocycles. The third kappa shape index (κ3) is 2.08. The minimum Gasteiger partial charge on any atom is -0.363 e. The van der Waals surface area contributed by atoms with Crippen molar-refractivity contribution in [3.8, 4) is 0 Å². The summed E-state index contributed by atoms with van der Waals surface area (Å²) in [7, 11) is 0. The summed E-state index contributed by atoms with van der Waals surface area (Å²) >= 11 is 0. The first-order chi connectivity index (χ1) is 9.25. The maximum atomic E-state index is 12.2. The largest absolute Gasteiger partial charge is 0.363 e. The van der Waals surface area contributed by atoms with E-state index in [1.165, 1.54) is 11.2 Å². The molecule has 1 aliphatic rings. The normalized spacial score (nSPS) is 18.9. The lowest BCUT2D eigenvalue weighted by Crippen LogP contribution is -2.34. The summed E-state index contributed by atoms with van der Waals surface area (Å²) in [6, 6.07) is 9.87. The van der Waals surface area contributed by atoms with E-state index in [1.807, 2.05) is 6.07 Å². The minimum atomic E-state index is -0.599. The number of rotatable bonds is 3. The number of carbonyl (C=O) groups excluding carboxylic acids is 2. The van der Waals surface area contributed by atoms with Crippen molar-refractivity contribution in [2.75, 3.05) is 10.2 Å². The minimum absolute atomic E-state index is 0.112. The monoisotopic (exact) mass is 257 g/mol. The molecule has 6 nitrogen and oxygen atoms in total. The summed E-state index contributed by atoms with van der Waals surface area (Å²) in [4.78, 5) is 25.4. The molecule has 2 aromatic rings. The van der Waals surface area contributed by atoms with Gasteiger partial charge in [-0.3, -0.25) is 9.59 Å². The van der Waals surface area contributed by atoms with E-state index in [1.54, 1.807) is 30.3 Å². The van der Waals surface area contributed by atoms with Gasteiger partial charge in [0, 0.05) is 6.07 Å². The van der Waals surface area contributed by atoms with E-state index in [4.69, 9.17) is 0 Å². The molecule has 1 unspecified atom stereocenters. The van der Waals surface area contributed by atoms with Gasteiger partial charge in [0.15, 0.2) is 5.82 Å². The Bertz CT molecular complexity index is 595. The molecule has 0 radical (unpaired) electrons. The van der Waals surface area contributed by atoms with Crippen molar-refractivity contribution in [3.05, 3.63) is 42.7 Å². The number of para-hydroxylation sites is 1. The van der Waals surface area contributed by atoms with Gasteiger partial charge >= 0.3 is 0 Å². The SMILES string of the molecule is O=C1CC(Nc2ccon2)C(=O)N1c1ccccc1. The van der Waals surface area contributed by atoms with Crippen LogP contribution in [0.2, 0.25) is 0 Å². The predicted octanol–water partition coefficient (Wildman–Crippen LogP) is 1.42. The number of benzene rings is 1. The highest BCUT2D eigenvalue weighted by atomic mass is 16.5. The van der Waals surface area contributed by atoms with E-state index in [-0.39, 0.29) is 18.2 Å². The van der Waals surface area contributed by atoms with Gasteiger partial charge in [0.1, 0.15) is 12.3 Å². The van der Waals surface area contributed by atoms with Gasteiger partial charge in [-0.2, -0.15) is 0 Å². The standard InChI is InChI=1S/C13H11N3O3/c17-12-8-10(14-11-6-7-19-15-11)13(18)16(12)9-4-2-1-3-5-9/h1-7,10H,8H2,(H,14,15). The number of hydrogen-bond acceptors (Lipinski definition) is 5. The molecule has 1 saturated heterocycles. The summed E-state index contributed by atoms with van der Waals surface area (Å²) in [6.07, 6.45) is 1.51. The van der Waals surface area contributed by atoms with Gasteiger partial charge in [0.05, 0.1) is 12.1 Å². The molecule has 1 atom stereocenters. The zero-order valence-electron chi connectivity index (χ0n) is 9.95. The maximum absolute atomic E-state index is 12.2. The number of carbonyl (C=O) groups is 2. The van der Waals surface area contributed by atoms with E-state index in [0.29, 0.717) is 11.5 Å². The van der Waals surface area contributed by atoms with Crippen molar-refractivity contribution < 1.29 is 14.1 Å². The summed E-state index contributed by atoms with van der Waals surface area (Å²) in [5.74, 6) is -0.0579. The van der Waals surface area contributed by atoms with Gasteiger partial charge < -0.3 is 9.84 Å². The zero-order chi connectivity index (χ0) is 13.2. The zero-order valence-corrected chi connectivity index (χ0v) is 9.95. The van der Waals surface area contributed by atoms with Crippen LogP contribution in [-0.2, 0) is 9.59 Å². The first kappa shape index (κ1) is 11.5. The first-order valence-corrected chi connectivity index (χ1v) is 5.84. The van der Waals surface area contributed by atoms with E-state index < -0.39 is 6.04 Å². The molecule has 0 bridgehead atoms. The topological polar surface area (TPSA) is 75.4 Å². The van der Waals surface area contributed by atoms with Crippen molar-refractivity contribution in [2.24, 2.45) is 0 Å². The van der Waals surface area contributed by atoms with Gasteiger partial charge in [0.25, 0.3) is 5.91 Å². The smallest absolute Gasteiger partial charge is 0.256 e. The van der Waals surface area contributed by atoms with Gasteiger partial charge in [-0.1, -0.05) is 23.4 Å². The van der Waals surface area contributed by atoms with E-state index in [2.05, 4.69) is 15.0 Å². The molecular weight excluding hydrogens is 246 g/mol. The molecule has 1 aromatic heterocycles. The average Bonchev–Trinajstić information content (AvgIpc) is 3.01. The molecule has 1 aliphatic heterocycles. The fourth-order valence-corrected chi connectivity index (χ4v) is 2.06. The van der Waals surface area contributed by atoms with Crippen molar-refractivity contribution in [1.82, 2.24) is 5.16 Å². The predicted molar refractivity (Wildman–Crippen MR) is 67.5 cm³/mol. The van der Waals surface area contributed by atoms with Gasteiger partial charge in [-0.05, 0) is 12.1 Å². The molecule has 1 aromatic carbocycles. The highest BCUT2D eigenvalue weighted by molar-refractivity contribution is 6.23. The van der Waals surface area contributed by atoms with Crippen LogP contribution >= 0.6 is 0 Å². The second-order valence-corrected chi connectivity index (χ2v) is 4.19. The van der Waals surface area contributed by atoms with E-state index in [0.717, 1.165) is 0 Å². The number of aromatic nitrogens is 1. The Hall–Kier alpha value is -2.63. The molecule has 19 heavy (non-hydrogen) atoms. The number of anilines is 2. The van der Waals surface area contributed by atoms with Crippen LogP contribution in [0.3, 0.4) is 0 Å². The molecule has 1 N–H and O–H groups in total. The second-order valence-electron chi connectivity index (χ2n) is 4.19. The van der Waals surface area contributed by atoms with Crippen molar-refractivity contribution in [3.63, 3.8) is 0 Å². The van der Waals surface area contributed by atoms with Crippen LogP contribution in [0.15, 0.2) is 47.2 Å². The Balaban J connectivity index is 1.82. The Labute approximate surface area is 109 Å². The molecule has 0 aliphatic carbocycles.